The van der Waals surface area contributed by atoms with Gasteiger partial charge >= 0.3 is 0 Å². The third-order valence-corrected chi connectivity index (χ3v) is 4.78. The Hall–Kier alpha value is -1.35. The van der Waals surface area contributed by atoms with E-state index in [-0.39, 0.29) is 18.0 Å². The lowest BCUT2D eigenvalue weighted by Crippen LogP contribution is -2.25. The lowest BCUT2D eigenvalue weighted by Gasteiger charge is -2.26. The molecule has 1 atom stereocenters. The summed E-state index contributed by atoms with van der Waals surface area (Å²) in [6.07, 6.45) is 1.08. The van der Waals surface area contributed by atoms with Crippen LogP contribution in [-0.4, -0.2) is 32.1 Å². The molecule has 0 radical (unpaired) electrons. The van der Waals surface area contributed by atoms with Crippen LogP contribution in [0.3, 0.4) is 0 Å². The van der Waals surface area contributed by atoms with Gasteiger partial charge in [-0.3, -0.25) is 0 Å². The number of nitrogens with zero attached hydrogens (tertiary/aromatic N) is 1. The maximum Gasteiger partial charge on any atom is 0.120 e. The highest BCUT2D eigenvalue weighted by molar-refractivity contribution is 5.85. The Balaban J connectivity index is 0.00000144. The van der Waals surface area contributed by atoms with Crippen LogP contribution < -0.4 is 0 Å². The topological polar surface area (TPSA) is 12.5 Å². The van der Waals surface area contributed by atoms with E-state index in [0.29, 0.717) is 5.92 Å². The van der Waals surface area contributed by atoms with Gasteiger partial charge in [-0.2, -0.15) is 0 Å². The van der Waals surface area contributed by atoms with Crippen LogP contribution in [0, 0.1) is 5.92 Å². The van der Waals surface area contributed by atoms with Crippen molar-refractivity contribution in [1.29, 1.82) is 0 Å². The summed E-state index contributed by atoms with van der Waals surface area (Å²) in [4.78, 5) is 2.26. The van der Waals surface area contributed by atoms with Gasteiger partial charge in [-0.25, -0.2) is 0 Å². The quantitative estimate of drug-likeness (QED) is 0.832. The van der Waals surface area contributed by atoms with E-state index in [9.17, 15) is 0 Å². The highest BCUT2D eigenvalue weighted by Crippen LogP contribution is 2.55. The fraction of sp³-hybridized carbons (Fsp3) is 0.368. The Bertz CT molecular complexity index is 637. The molecule has 0 saturated carbocycles. The Morgan fingerprint density at radius 2 is 1.55 bits per heavy atom. The van der Waals surface area contributed by atoms with Gasteiger partial charge in [0.1, 0.15) is 5.60 Å². The minimum absolute atomic E-state index is 0. The van der Waals surface area contributed by atoms with Gasteiger partial charge in [0, 0.05) is 6.54 Å². The summed E-state index contributed by atoms with van der Waals surface area (Å²) < 4.78 is 6.44. The maximum atomic E-state index is 6.44. The third-order valence-electron chi connectivity index (χ3n) is 4.78. The molecular formula is C19H22ClNO. The molecule has 1 aliphatic heterocycles. The average molecular weight is 316 g/mol. The Morgan fingerprint density at radius 3 is 2.09 bits per heavy atom. The summed E-state index contributed by atoms with van der Waals surface area (Å²) >= 11 is 0. The second-order valence-corrected chi connectivity index (χ2v) is 6.56. The molecule has 2 aromatic carbocycles. The number of fused-ring (bicyclic) bond motifs is 5. The molecule has 0 amide bonds. The lowest BCUT2D eigenvalue weighted by molar-refractivity contribution is 0.0375. The molecule has 3 heteroatoms. The number of benzene rings is 2. The molecule has 0 bridgehead atoms. The van der Waals surface area contributed by atoms with Gasteiger partial charge in [-0.15, -0.1) is 12.4 Å². The Morgan fingerprint density at radius 1 is 1.00 bits per heavy atom. The first-order valence-electron chi connectivity index (χ1n) is 7.69. The van der Waals surface area contributed by atoms with Crippen LogP contribution in [0.5, 0.6) is 0 Å². The van der Waals surface area contributed by atoms with Gasteiger partial charge in [-0.05, 0) is 48.7 Å². The summed E-state index contributed by atoms with van der Waals surface area (Å²) in [5.41, 5.74) is 5.19. The molecule has 0 N–H and O–H groups in total. The normalized spacial score (nSPS) is 20.8. The second-order valence-electron chi connectivity index (χ2n) is 6.56. The molecule has 1 fully saturated rings. The van der Waals surface area contributed by atoms with Crippen molar-refractivity contribution < 1.29 is 4.74 Å². The fourth-order valence-corrected chi connectivity index (χ4v) is 4.08. The summed E-state index contributed by atoms with van der Waals surface area (Å²) in [5.74, 6) is 0.596. The fourth-order valence-electron chi connectivity index (χ4n) is 4.08. The summed E-state index contributed by atoms with van der Waals surface area (Å²) in [6, 6.07) is 17.5. The predicted octanol–water partition coefficient (Wildman–Crippen LogP) is 3.93. The molecule has 4 rings (SSSR count). The van der Waals surface area contributed by atoms with Crippen LogP contribution >= 0.6 is 12.4 Å². The maximum absolute atomic E-state index is 6.44. The van der Waals surface area contributed by atoms with Crippen LogP contribution in [-0.2, 0) is 10.3 Å². The van der Waals surface area contributed by atoms with Gasteiger partial charge in [0.15, 0.2) is 0 Å². The van der Waals surface area contributed by atoms with Crippen LogP contribution in [0.4, 0.5) is 0 Å². The van der Waals surface area contributed by atoms with Gasteiger partial charge in [-0.1, -0.05) is 48.5 Å². The van der Waals surface area contributed by atoms with Crippen molar-refractivity contribution >= 4 is 12.4 Å². The molecule has 1 spiro atoms. The van der Waals surface area contributed by atoms with E-state index in [0.717, 1.165) is 19.6 Å². The molecule has 2 nitrogen and oxygen atoms in total. The van der Waals surface area contributed by atoms with Crippen molar-refractivity contribution in [2.24, 2.45) is 5.92 Å². The first-order valence-corrected chi connectivity index (χ1v) is 7.69. The van der Waals surface area contributed by atoms with E-state index in [2.05, 4.69) is 67.5 Å². The standard InChI is InChI=1S/C19H21NO.ClH/c1-20(2)12-14-11-19(21-13-14)17-9-5-3-7-15(17)16-8-4-6-10-18(16)19;/h3-10,14H,11-13H2,1-2H3;1H. The minimum atomic E-state index is -0.214. The van der Waals surface area contributed by atoms with Crippen molar-refractivity contribution in [2.75, 3.05) is 27.2 Å². The number of halogens is 1. The summed E-state index contributed by atoms with van der Waals surface area (Å²) in [6.45, 7) is 1.94. The SMILES string of the molecule is CN(C)CC1COC2(C1)c1ccccc1-c1ccccc12.Cl. The molecule has 1 unspecified atom stereocenters. The van der Waals surface area contributed by atoms with Crippen molar-refractivity contribution in [2.45, 2.75) is 12.0 Å². The van der Waals surface area contributed by atoms with Crippen molar-refractivity contribution in [1.82, 2.24) is 4.90 Å². The predicted molar refractivity (Wildman–Crippen MR) is 92.5 cm³/mol. The van der Waals surface area contributed by atoms with Gasteiger partial charge in [0.25, 0.3) is 0 Å². The smallest absolute Gasteiger partial charge is 0.120 e. The van der Waals surface area contributed by atoms with Crippen molar-refractivity contribution in [3.63, 3.8) is 0 Å². The van der Waals surface area contributed by atoms with Crippen LogP contribution in [0.1, 0.15) is 17.5 Å². The lowest BCUT2D eigenvalue weighted by atomic mass is 9.85. The molecule has 2 aliphatic rings. The van der Waals surface area contributed by atoms with Crippen LogP contribution in [0.2, 0.25) is 0 Å². The highest BCUT2D eigenvalue weighted by atomic mass is 35.5. The first kappa shape index (κ1) is 15.5. The Kier molecular flexibility index (Phi) is 4.02. The summed E-state index contributed by atoms with van der Waals surface area (Å²) in [5, 5.41) is 0. The molecule has 1 aliphatic carbocycles. The van der Waals surface area contributed by atoms with Crippen LogP contribution in [0.25, 0.3) is 11.1 Å². The molecule has 1 saturated heterocycles. The molecular weight excluding hydrogens is 294 g/mol. The van der Waals surface area contributed by atoms with E-state index in [1.165, 1.54) is 22.3 Å². The van der Waals surface area contributed by atoms with Gasteiger partial charge in [0.05, 0.1) is 6.61 Å². The largest absolute Gasteiger partial charge is 0.365 e. The van der Waals surface area contributed by atoms with Gasteiger partial charge in [0.2, 0.25) is 0 Å². The molecule has 116 valence electrons. The minimum Gasteiger partial charge on any atom is -0.365 e. The van der Waals surface area contributed by atoms with E-state index >= 15 is 0 Å². The number of hydrogen-bond acceptors (Lipinski definition) is 2. The molecule has 0 aromatic heterocycles. The number of rotatable bonds is 2. The van der Waals surface area contributed by atoms with Gasteiger partial charge < -0.3 is 9.64 Å². The van der Waals surface area contributed by atoms with Crippen molar-refractivity contribution in [3.05, 3.63) is 59.7 Å². The van der Waals surface area contributed by atoms with E-state index in [4.69, 9.17) is 4.74 Å². The zero-order chi connectivity index (χ0) is 14.4. The Labute approximate surface area is 138 Å². The van der Waals surface area contributed by atoms with Crippen molar-refractivity contribution in [3.8, 4) is 11.1 Å². The van der Waals surface area contributed by atoms with E-state index in [1.807, 2.05) is 0 Å². The molecule has 2 aromatic rings. The molecule has 22 heavy (non-hydrogen) atoms. The highest BCUT2D eigenvalue weighted by Gasteiger charge is 2.49. The first-order chi connectivity index (χ1) is 10.2. The zero-order valence-electron chi connectivity index (χ0n) is 13.1. The van der Waals surface area contributed by atoms with E-state index in [1.54, 1.807) is 0 Å². The second kappa shape index (κ2) is 5.69. The molecule has 1 heterocycles. The number of ether oxygens (including phenoxy) is 1. The van der Waals surface area contributed by atoms with E-state index < -0.39 is 0 Å². The zero-order valence-corrected chi connectivity index (χ0v) is 13.9. The third kappa shape index (κ3) is 2.18. The average Bonchev–Trinajstić information content (AvgIpc) is 3.02. The summed E-state index contributed by atoms with van der Waals surface area (Å²) in [7, 11) is 4.28. The number of hydrogen-bond donors (Lipinski definition) is 0. The monoisotopic (exact) mass is 315 g/mol. The van der Waals surface area contributed by atoms with Crippen LogP contribution in [0.15, 0.2) is 48.5 Å².